The van der Waals surface area contributed by atoms with E-state index in [4.69, 9.17) is 21.7 Å². The van der Waals surface area contributed by atoms with E-state index in [0.29, 0.717) is 20.7 Å². The zero-order chi connectivity index (χ0) is 15.7. The van der Waals surface area contributed by atoms with Crippen molar-refractivity contribution in [1.29, 1.82) is 0 Å². The number of rotatable bonds is 3. The van der Waals surface area contributed by atoms with Crippen LogP contribution in [0.5, 0.6) is 0 Å². The molecular formula is C15H9NO4S2. The summed E-state index contributed by atoms with van der Waals surface area (Å²) in [6, 6.07) is 9.56. The van der Waals surface area contributed by atoms with Crippen molar-refractivity contribution < 1.29 is 19.1 Å². The third kappa shape index (κ3) is 2.68. The molecule has 0 spiro atoms. The number of aromatic carboxylic acids is 1. The Balaban J connectivity index is 1.95. The molecule has 1 aromatic heterocycles. The van der Waals surface area contributed by atoms with E-state index in [9.17, 15) is 9.59 Å². The van der Waals surface area contributed by atoms with Crippen molar-refractivity contribution in [3.8, 4) is 0 Å². The summed E-state index contributed by atoms with van der Waals surface area (Å²) in [5.74, 6) is -0.799. The molecule has 0 unspecified atom stereocenters. The van der Waals surface area contributed by atoms with Crippen molar-refractivity contribution >= 4 is 51.9 Å². The lowest BCUT2D eigenvalue weighted by Gasteiger charge is -2.14. The monoisotopic (exact) mass is 331 g/mol. The number of furan rings is 1. The molecular weight excluding hydrogens is 322 g/mol. The zero-order valence-electron chi connectivity index (χ0n) is 11.1. The minimum absolute atomic E-state index is 0.0987. The van der Waals surface area contributed by atoms with Crippen LogP contribution in [0.2, 0.25) is 0 Å². The van der Waals surface area contributed by atoms with Gasteiger partial charge < -0.3 is 9.52 Å². The number of carbonyl (C=O) groups is 2. The Hall–Kier alpha value is -2.38. The first kappa shape index (κ1) is 14.6. The fraction of sp³-hybridized carbons (Fsp3) is 0. The lowest BCUT2D eigenvalue weighted by Crippen LogP contribution is -2.27. The van der Waals surface area contributed by atoms with Gasteiger partial charge in [0.05, 0.1) is 22.4 Å². The van der Waals surface area contributed by atoms with Gasteiger partial charge in [-0.1, -0.05) is 30.0 Å². The van der Waals surface area contributed by atoms with Crippen molar-refractivity contribution in [1.82, 2.24) is 0 Å². The van der Waals surface area contributed by atoms with Crippen molar-refractivity contribution in [3.63, 3.8) is 0 Å². The predicted octanol–water partition coefficient (Wildman–Crippen LogP) is 3.38. The molecule has 0 saturated carbocycles. The molecule has 0 atom stereocenters. The highest BCUT2D eigenvalue weighted by molar-refractivity contribution is 8.27. The molecule has 1 N–H and O–H groups in total. The molecule has 7 heteroatoms. The second kappa shape index (κ2) is 5.78. The van der Waals surface area contributed by atoms with E-state index in [1.165, 1.54) is 23.3 Å². The molecule has 1 amide bonds. The van der Waals surface area contributed by atoms with Gasteiger partial charge in [0.25, 0.3) is 5.91 Å². The number of carboxylic acid groups (broad SMARTS) is 1. The Kier molecular flexibility index (Phi) is 3.82. The highest BCUT2D eigenvalue weighted by Gasteiger charge is 2.33. The zero-order valence-corrected chi connectivity index (χ0v) is 12.7. The summed E-state index contributed by atoms with van der Waals surface area (Å²) in [6.07, 6.45) is 3.13. The van der Waals surface area contributed by atoms with Gasteiger partial charge in [0.1, 0.15) is 5.76 Å². The fourth-order valence-corrected chi connectivity index (χ4v) is 3.25. The number of anilines is 1. The standard InChI is InChI=1S/C15H9NO4S2/c17-13-12(8-11-5-2-6-20-11)22-15(21)16(13)10-4-1-3-9(7-10)14(18)19/h1-8H,(H,18,19). The average Bonchev–Trinajstić information content (AvgIpc) is 3.08. The van der Waals surface area contributed by atoms with E-state index >= 15 is 0 Å². The SMILES string of the molecule is O=C(O)c1cccc(N2C(=O)C(=Cc3ccco3)SC2=S)c1. The highest BCUT2D eigenvalue weighted by Crippen LogP contribution is 2.36. The smallest absolute Gasteiger partial charge is 0.335 e. The first-order valence-corrected chi connectivity index (χ1v) is 7.43. The van der Waals surface area contributed by atoms with Crippen molar-refractivity contribution in [3.05, 3.63) is 58.9 Å². The molecule has 0 radical (unpaired) electrons. The van der Waals surface area contributed by atoms with E-state index in [0.717, 1.165) is 11.8 Å². The molecule has 110 valence electrons. The van der Waals surface area contributed by atoms with Gasteiger partial charge in [-0.3, -0.25) is 9.69 Å². The first-order chi connectivity index (χ1) is 10.6. The number of nitrogens with zero attached hydrogens (tertiary/aromatic N) is 1. The van der Waals surface area contributed by atoms with E-state index < -0.39 is 5.97 Å². The Bertz CT molecular complexity index is 796. The van der Waals surface area contributed by atoms with Gasteiger partial charge in [0.15, 0.2) is 4.32 Å². The maximum absolute atomic E-state index is 12.5. The normalized spacial score (nSPS) is 16.5. The van der Waals surface area contributed by atoms with E-state index in [1.54, 1.807) is 30.3 Å². The summed E-state index contributed by atoms with van der Waals surface area (Å²) in [7, 11) is 0. The minimum atomic E-state index is -1.06. The van der Waals surface area contributed by atoms with E-state index in [1.807, 2.05) is 0 Å². The van der Waals surface area contributed by atoms with Crippen LogP contribution in [0, 0.1) is 0 Å². The van der Waals surface area contributed by atoms with Crippen molar-refractivity contribution in [2.75, 3.05) is 4.90 Å². The predicted molar refractivity (Wildman–Crippen MR) is 87.8 cm³/mol. The van der Waals surface area contributed by atoms with Gasteiger partial charge in [-0.25, -0.2) is 4.79 Å². The van der Waals surface area contributed by atoms with Gasteiger partial charge in [-0.05, 0) is 30.3 Å². The van der Waals surface area contributed by atoms with Crippen LogP contribution in [0.3, 0.4) is 0 Å². The first-order valence-electron chi connectivity index (χ1n) is 6.21. The maximum Gasteiger partial charge on any atom is 0.335 e. The lowest BCUT2D eigenvalue weighted by molar-refractivity contribution is -0.113. The van der Waals surface area contributed by atoms with Gasteiger partial charge in [0, 0.05) is 6.08 Å². The van der Waals surface area contributed by atoms with Gasteiger partial charge in [0.2, 0.25) is 0 Å². The molecule has 2 heterocycles. The summed E-state index contributed by atoms with van der Waals surface area (Å²) in [4.78, 5) is 25.3. The summed E-state index contributed by atoms with van der Waals surface area (Å²) in [5.41, 5.74) is 0.534. The van der Waals surface area contributed by atoms with Crippen molar-refractivity contribution in [2.24, 2.45) is 0 Å². The average molecular weight is 331 g/mol. The summed E-state index contributed by atoms with van der Waals surface area (Å²) < 4.78 is 5.54. The number of thioether (sulfide) groups is 1. The van der Waals surface area contributed by atoms with Crippen LogP contribution in [0.15, 0.2) is 52.0 Å². The van der Waals surface area contributed by atoms with E-state index in [2.05, 4.69) is 0 Å². The number of thiocarbonyl (C=S) groups is 1. The Morgan fingerprint density at radius 3 is 2.82 bits per heavy atom. The molecule has 1 saturated heterocycles. The molecule has 0 bridgehead atoms. The third-order valence-electron chi connectivity index (χ3n) is 2.96. The van der Waals surface area contributed by atoms with Gasteiger partial charge >= 0.3 is 5.97 Å². The summed E-state index contributed by atoms with van der Waals surface area (Å²) in [6.45, 7) is 0. The topological polar surface area (TPSA) is 70.8 Å². The van der Waals surface area contributed by atoms with Crippen LogP contribution < -0.4 is 4.90 Å². The van der Waals surface area contributed by atoms with Crippen LogP contribution in [0.1, 0.15) is 16.1 Å². The minimum Gasteiger partial charge on any atom is -0.478 e. The molecule has 22 heavy (non-hydrogen) atoms. The quantitative estimate of drug-likeness (QED) is 0.687. The number of carboxylic acids is 1. The number of benzene rings is 1. The second-order valence-electron chi connectivity index (χ2n) is 4.39. The van der Waals surface area contributed by atoms with Crippen LogP contribution >= 0.6 is 24.0 Å². The lowest BCUT2D eigenvalue weighted by atomic mass is 10.2. The molecule has 0 aliphatic carbocycles. The fourth-order valence-electron chi connectivity index (χ4n) is 1.97. The Labute approximate surface area is 135 Å². The molecule has 1 fully saturated rings. The Morgan fingerprint density at radius 1 is 1.32 bits per heavy atom. The molecule has 3 rings (SSSR count). The number of amides is 1. The van der Waals surface area contributed by atoms with Crippen LogP contribution in [-0.4, -0.2) is 21.3 Å². The molecule has 1 aromatic carbocycles. The summed E-state index contributed by atoms with van der Waals surface area (Å²) in [5, 5.41) is 9.04. The third-order valence-corrected chi connectivity index (χ3v) is 4.26. The number of hydrogen-bond donors (Lipinski definition) is 1. The van der Waals surface area contributed by atoms with Gasteiger partial charge in [-0.15, -0.1) is 0 Å². The molecule has 1 aliphatic heterocycles. The Morgan fingerprint density at radius 2 is 2.14 bits per heavy atom. The molecule has 2 aromatic rings. The largest absolute Gasteiger partial charge is 0.478 e. The van der Waals surface area contributed by atoms with Crippen LogP contribution in [0.4, 0.5) is 5.69 Å². The van der Waals surface area contributed by atoms with Crippen molar-refractivity contribution in [2.45, 2.75) is 0 Å². The van der Waals surface area contributed by atoms with Gasteiger partial charge in [-0.2, -0.15) is 0 Å². The van der Waals surface area contributed by atoms with Crippen LogP contribution in [-0.2, 0) is 4.79 Å². The summed E-state index contributed by atoms with van der Waals surface area (Å²) >= 11 is 6.38. The molecule has 5 nitrogen and oxygen atoms in total. The maximum atomic E-state index is 12.5. The van der Waals surface area contributed by atoms with E-state index in [-0.39, 0.29) is 11.5 Å². The molecule has 1 aliphatic rings. The highest BCUT2D eigenvalue weighted by atomic mass is 32.2. The number of carbonyl (C=O) groups excluding carboxylic acids is 1. The number of hydrogen-bond acceptors (Lipinski definition) is 5. The van der Waals surface area contributed by atoms with Crippen LogP contribution in [0.25, 0.3) is 6.08 Å². The second-order valence-corrected chi connectivity index (χ2v) is 6.06.